The van der Waals surface area contributed by atoms with Gasteiger partial charge in [-0.25, -0.2) is 0 Å². The van der Waals surface area contributed by atoms with Gasteiger partial charge in [0.15, 0.2) is 6.10 Å². The first-order chi connectivity index (χ1) is 12.3. The maximum Gasteiger partial charge on any atom is 0.258 e. The first kappa shape index (κ1) is 16.7. The first-order valence-corrected chi connectivity index (χ1v) is 8.07. The van der Waals surface area contributed by atoms with Crippen LogP contribution in [0.1, 0.15) is 11.7 Å². The van der Waals surface area contributed by atoms with Crippen molar-refractivity contribution in [3.8, 4) is 0 Å². The molecular formula is C21H20N2O2. The average molecular weight is 332 g/mol. The second-order valence-electron chi connectivity index (χ2n) is 5.58. The zero-order chi connectivity index (χ0) is 17.5. The number of nitrogens with one attached hydrogen (secondary N) is 2. The Labute approximate surface area is 147 Å². The van der Waals surface area contributed by atoms with E-state index in [4.69, 9.17) is 4.74 Å². The van der Waals surface area contributed by atoms with E-state index in [0.29, 0.717) is 0 Å². The fourth-order valence-electron chi connectivity index (χ4n) is 2.56. The fourth-order valence-corrected chi connectivity index (χ4v) is 2.56. The molecule has 3 aromatic carbocycles. The zero-order valence-electron chi connectivity index (χ0n) is 14.0. The Balaban J connectivity index is 1.65. The monoisotopic (exact) mass is 332 g/mol. The molecule has 0 spiro atoms. The standard InChI is InChI=1S/C21H20N2O2/c1-25-20(16-8-4-2-5-9-16)21(24)23-19-14-12-18(13-15-19)22-17-10-6-3-7-11-17/h2-15,20,22H,1H3,(H,23,24)/t20-/m1/s1. The van der Waals surface area contributed by atoms with Gasteiger partial charge in [-0.05, 0) is 42.0 Å². The summed E-state index contributed by atoms with van der Waals surface area (Å²) in [7, 11) is 1.53. The molecule has 25 heavy (non-hydrogen) atoms. The van der Waals surface area contributed by atoms with E-state index in [-0.39, 0.29) is 5.91 Å². The summed E-state index contributed by atoms with van der Waals surface area (Å²) in [5.41, 5.74) is 3.52. The number of rotatable bonds is 6. The fraction of sp³-hybridized carbons (Fsp3) is 0.0952. The molecule has 0 heterocycles. The number of carbonyl (C=O) groups excluding carboxylic acids is 1. The Morgan fingerprint density at radius 3 is 1.88 bits per heavy atom. The maximum atomic E-state index is 12.5. The van der Waals surface area contributed by atoms with Crippen molar-refractivity contribution in [1.82, 2.24) is 0 Å². The van der Waals surface area contributed by atoms with Gasteiger partial charge in [-0.2, -0.15) is 0 Å². The van der Waals surface area contributed by atoms with Crippen LogP contribution in [-0.4, -0.2) is 13.0 Å². The molecule has 0 radical (unpaired) electrons. The number of hydrogen-bond acceptors (Lipinski definition) is 3. The zero-order valence-corrected chi connectivity index (χ0v) is 14.0. The van der Waals surface area contributed by atoms with Crippen LogP contribution in [0, 0.1) is 0 Å². The molecule has 3 aromatic rings. The molecule has 0 fully saturated rings. The van der Waals surface area contributed by atoms with Gasteiger partial charge < -0.3 is 15.4 Å². The number of hydrogen-bond donors (Lipinski definition) is 2. The van der Waals surface area contributed by atoms with Crippen LogP contribution in [0.3, 0.4) is 0 Å². The van der Waals surface area contributed by atoms with Gasteiger partial charge in [0.2, 0.25) is 0 Å². The molecule has 3 rings (SSSR count). The van der Waals surface area contributed by atoms with E-state index in [1.165, 1.54) is 7.11 Å². The molecule has 0 bridgehead atoms. The third-order valence-corrected chi connectivity index (χ3v) is 3.79. The van der Waals surface area contributed by atoms with Crippen LogP contribution in [0.4, 0.5) is 17.1 Å². The van der Waals surface area contributed by atoms with Gasteiger partial charge in [0.1, 0.15) is 0 Å². The molecule has 0 aliphatic carbocycles. The van der Waals surface area contributed by atoms with Crippen molar-refractivity contribution in [1.29, 1.82) is 0 Å². The third kappa shape index (κ3) is 4.46. The summed E-state index contributed by atoms with van der Waals surface area (Å²) < 4.78 is 5.35. The SMILES string of the molecule is CO[C@@H](C(=O)Nc1ccc(Nc2ccccc2)cc1)c1ccccc1. The van der Waals surface area contributed by atoms with Gasteiger partial charge in [0.05, 0.1) is 0 Å². The Bertz CT molecular complexity index is 802. The molecule has 4 heteroatoms. The summed E-state index contributed by atoms with van der Waals surface area (Å²) in [6.45, 7) is 0. The van der Waals surface area contributed by atoms with Crippen LogP contribution in [0.15, 0.2) is 84.9 Å². The average Bonchev–Trinajstić information content (AvgIpc) is 2.66. The predicted octanol–water partition coefficient (Wildman–Crippen LogP) is 4.76. The quantitative estimate of drug-likeness (QED) is 0.684. The van der Waals surface area contributed by atoms with Gasteiger partial charge in [-0.15, -0.1) is 0 Å². The number of carbonyl (C=O) groups is 1. The summed E-state index contributed by atoms with van der Waals surface area (Å²) >= 11 is 0. The largest absolute Gasteiger partial charge is 0.367 e. The second kappa shape index (κ2) is 8.13. The minimum atomic E-state index is -0.636. The normalized spacial score (nSPS) is 11.6. The number of anilines is 3. The number of benzene rings is 3. The van der Waals surface area contributed by atoms with E-state index in [0.717, 1.165) is 22.6 Å². The van der Waals surface area contributed by atoms with Crippen LogP contribution in [0.2, 0.25) is 0 Å². The van der Waals surface area contributed by atoms with E-state index in [1.807, 2.05) is 84.9 Å². The van der Waals surface area contributed by atoms with Crippen molar-refractivity contribution in [2.45, 2.75) is 6.10 Å². The molecule has 1 amide bonds. The second-order valence-corrected chi connectivity index (χ2v) is 5.58. The van der Waals surface area contributed by atoms with Crippen molar-refractivity contribution in [3.05, 3.63) is 90.5 Å². The Hall–Kier alpha value is -3.11. The number of para-hydroxylation sites is 1. The van der Waals surface area contributed by atoms with Crippen LogP contribution in [0.25, 0.3) is 0 Å². The summed E-state index contributed by atoms with van der Waals surface area (Å²) in [6.07, 6.45) is -0.636. The lowest BCUT2D eigenvalue weighted by Crippen LogP contribution is -2.22. The van der Waals surface area contributed by atoms with E-state index in [2.05, 4.69) is 10.6 Å². The molecule has 0 aromatic heterocycles. The summed E-state index contributed by atoms with van der Waals surface area (Å²) in [6, 6.07) is 26.9. The summed E-state index contributed by atoms with van der Waals surface area (Å²) in [5, 5.41) is 6.20. The van der Waals surface area contributed by atoms with Gasteiger partial charge in [0.25, 0.3) is 5.91 Å². The lowest BCUT2D eigenvalue weighted by molar-refractivity contribution is -0.126. The molecule has 0 aliphatic heterocycles. The van der Waals surface area contributed by atoms with Gasteiger partial charge in [0, 0.05) is 24.2 Å². The van der Waals surface area contributed by atoms with Crippen molar-refractivity contribution in [2.75, 3.05) is 17.7 Å². The molecule has 4 nitrogen and oxygen atoms in total. The highest BCUT2D eigenvalue weighted by atomic mass is 16.5. The van der Waals surface area contributed by atoms with Gasteiger partial charge >= 0.3 is 0 Å². The lowest BCUT2D eigenvalue weighted by atomic mass is 10.1. The van der Waals surface area contributed by atoms with Crippen molar-refractivity contribution in [3.63, 3.8) is 0 Å². The summed E-state index contributed by atoms with van der Waals surface area (Å²) in [4.78, 5) is 12.5. The molecule has 0 unspecified atom stereocenters. The number of methoxy groups -OCH3 is 1. The minimum Gasteiger partial charge on any atom is -0.367 e. The Kier molecular flexibility index (Phi) is 5.44. The van der Waals surface area contributed by atoms with E-state index >= 15 is 0 Å². The van der Waals surface area contributed by atoms with E-state index in [9.17, 15) is 4.79 Å². The number of amides is 1. The van der Waals surface area contributed by atoms with Gasteiger partial charge in [-0.3, -0.25) is 4.79 Å². The van der Waals surface area contributed by atoms with Gasteiger partial charge in [-0.1, -0.05) is 48.5 Å². The Morgan fingerprint density at radius 2 is 1.28 bits per heavy atom. The molecule has 0 aliphatic rings. The van der Waals surface area contributed by atoms with Crippen LogP contribution in [-0.2, 0) is 9.53 Å². The molecule has 0 saturated heterocycles. The molecule has 1 atom stereocenters. The van der Waals surface area contributed by atoms with Crippen LogP contribution in [0.5, 0.6) is 0 Å². The number of ether oxygens (including phenoxy) is 1. The molecule has 126 valence electrons. The molecule has 0 saturated carbocycles. The van der Waals surface area contributed by atoms with E-state index in [1.54, 1.807) is 0 Å². The molecular weight excluding hydrogens is 312 g/mol. The third-order valence-electron chi connectivity index (χ3n) is 3.79. The summed E-state index contributed by atoms with van der Waals surface area (Å²) in [5.74, 6) is -0.197. The topological polar surface area (TPSA) is 50.4 Å². The van der Waals surface area contributed by atoms with Crippen molar-refractivity contribution < 1.29 is 9.53 Å². The van der Waals surface area contributed by atoms with Crippen molar-refractivity contribution in [2.24, 2.45) is 0 Å². The lowest BCUT2D eigenvalue weighted by Gasteiger charge is -2.16. The highest BCUT2D eigenvalue weighted by Crippen LogP contribution is 2.21. The predicted molar refractivity (Wildman–Crippen MR) is 101 cm³/mol. The highest BCUT2D eigenvalue weighted by molar-refractivity contribution is 5.95. The van der Waals surface area contributed by atoms with Crippen molar-refractivity contribution >= 4 is 23.0 Å². The smallest absolute Gasteiger partial charge is 0.258 e. The van der Waals surface area contributed by atoms with Crippen LogP contribution < -0.4 is 10.6 Å². The highest BCUT2D eigenvalue weighted by Gasteiger charge is 2.19. The van der Waals surface area contributed by atoms with E-state index < -0.39 is 6.10 Å². The minimum absolute atomic E-state index is 0.197. The maximum absolute atomic E-state index is 12.5. The van der Waals surface area contributed by atoms with Crippen LogP contribution >= 0.6 is 0 Å². The first-order valence-electron chi connectivity index (χ1n) is 8.07. The molecule has 2 N–H and O–H groups in total. The Morgan fingerprint density at radius 1 is 0.760 bits per heavy atom.